The second-order valence-electron chi connectivity index (χ2n) is 4.98. The van der Waals surface area contributed by atoms with E-state index >= 15 is 0 Å². The fourth-order valence-electron chi connectivity index (χ4n) is 1.75. The Morgan fingerprint density at radius 1 is 1.05 bits per heavy atom. The first-order valence-electron chi connectivity index (χ1n) is 7.00. The van der Waals surface area contributed by atoms with Gasteiger partial charge in [-0.1, -0.05) is 24.1 Å². The Kier molecular flexibility index (Phi) is 6.88. The monoisotopic (exact) mass is 316 g/mol. The molecule has 0 radical (unpaired) electrons. The van der Waals surface area contributed by atoms with Gasteiger partial charge in [0, 0.05) is 18.7 Å². The number of halogens is 3. The van der Waals surface area contributed by atoms with Crippen molar-refractivity contribution in [2.45, 2.75) is 38.8 Å². The predicted octanol–water partition coefficient (Wildman–Crippen LogP) is 3.17. The lowest BCUT2D eigenvalue weighted by Crippen LogP contribution is -2.37. The van der Waals surface area contributed by atoms with Crippen molar-refractivity contribution in [2.75, 3.05) is 11.9 Å². The van der Waals surface area contributed by atoms with E-state index in [1.54, 1.807) is 17.4 Å². The van der Waals surface area contributed by atoms with Crippen molar-refractivity contribution in [2.24, 2.45) is 0 Å². The first kappa shape index (κ1) is 18.0. The summed E-state index contributed by atoms with van der Waals surface area (Å²) in [6, 6.07) is 7.39. The van der Waals surface area contributed by atoms with E-state index in [9.17, 15) is 22.8 Å². The first-order chi connectivity index (χ1) is 10.3. The summed E-state index contributed by atoms with van der Waals surface area (Å²) in [7, 11) is 0. The number of rotatable bonds is 7. The molecule has 2 N–H and O–H groups in total. The van der Waals surface area contributed by atoms with Gasteiger partial charge in [0.15, 0.2) is 0 Å². The summed E-state index contributed by atoms with van der Waals surface area (Å²) in [4.78, 5) is 22.2. The molecule has 22 heavy (non-hydrogen) atoms. The molecule has 0 spiro atoms. The number of unbranched alkanes of at least 4 members (excludes halogenated alkanes) is 2. The molecule has 0 bridgehead atoms. The van der Waals surface area contributed by atoms with Crippen LogP contribution in [-0.4, -0.2) is 24.5 Å². The number of aryl methyl sites for hydroxylation is 1. The SMILES string of the molecule is Cc1ccc(NC(=O)CCCCCNC(=O)C(F)(F)F)cc1. The van der Waals surface area contributed by atoms with Crippen LogP contribution in [0.4, 0.5) is 18.9 Å². The van der Waals surface area contributed by atoms with Gasteiger partial charge in [-0.2, -0.15) is 13.2 Å². The third-order valence-corrected chi connectivity index (χ3v) is 2.96. The number of carbonyl (C=O) groups excluding carboxylic acids is 2. The van der Waals surface area contributed by atoms with Gasteiger partial charge in [0.1, 0.15) is 0 Å². The summed E-state index contributed by atoms with van der Waals surface area (Å²) in [5.41, 5.74) is 1.81. The standard InChI is InChI=1S/C15H19F3N2O2/c1-11-6-8-12(9-7-11)20-13(21)5-3-2-4-10-19-14(22)15(16,17)18/h6-9H,2-5,10H2,1H3,(H,19,22)(H,20,21). The summed E-state index contributed by atoms with van der Waals surface area (Å²) in [6.45, 7) is 1.90. The highest BCUT2D eigenvalue weighted by Crippen LogP contribution is 2.14. The quantitative estimate of drug-likeness (QED) is 0.759. The molecule has 122 valence electrons. The lowest BCUT2D eigenvalue weighted by molar-refractivity contribution is -0.173. The van der Waals surface area contributed by atoms with Crippen molar-refractivity contribution < 1.29 is 22.8 Å². The van der Waals surface area contributed by atoms with Crippen LogP contribution in [0, 0.1) is 6.92 Å². The van der Waals surface area contributed by atoms with Gasteiger partial charge < -0.3 is 10.6 Å². The molecule has 0 saturated carbocycles. The van der Waals surface area contributed by atoms with Crippen molar-refractivity contribution in [3.8, 4) is 0 Å². The van der Waals surface area contributed by atoms with E-state index in [4.69, 9.17) is 0 Å². The number of hydrogen-bond acceptors (Lipinski definition) is 2. The van der Waals surface area contributed by atoms with Crippen LogP contribution < -0.4 is 10.6 Å². The minimum Gasteiger partial charge on any atom is -0.348 e. The molecule has 1 aromatic carbocycles. The highest BCUT2D eigenvalue weighted by molar-refractivity contribution is 5.90. The Labute approximate surface area is 127 Å². The maximum absolute atomic E-state index is 11.9. The molecular formula is C15H19F3N2O2. The topological polar surface area (TPSA) is 58.2 Å². The number of benzene rings is 1. The van der Waals surface area contributed by atoms with Crippen LogP contribution in [-0.2, 0) is 9.59 Å². The molecule has 1 aromatic rings. The molecule has 2 amide bonds. The third-order valence-electron chi connectivity index (χ3n) is 2.96. The third kappa shape index (κ3) is 7.10. The van der Waals surface area contributed by atoms with Gasteiger partial charge in [-0.15, -0.1) is 0 Å². The Morgan fingerprint density at radius 3 is 2.27 bits per heavy atom. The summed E-state index contributed by atoms with van der Waals surface area (Å²) in [5.74, 6) is -2.06. The molecule has 4 nitrogen and oxygen atoms in total. The molecule has 0 saturated heterocycles. The van der Waals surface area contributed by atoms with E-state index in [0.717, 1.165) is 5.56 Å². The van der Waals surface area contributed by atoms with Gasteiger partial charge in [0.25, 0.3) is 0 Å². The van der Waals surface area contributed by atoms with Gasteiger partial charge in [0.05, 0.1) is 0 Å². The molecule has 0 aliphatic carbocycles. The number of amides is 2. The van der Waals surface area contributed by atoms with E-state index in [-0.39, 0.29) is 12.5 Å². The number of nitrogens with one attached hydrogen (secondary N) is 2. The summed E-state index contributed by atoms with van der Waals surface area (Å²) >= 11 is 0. The molecule has 0 fully saturated rings. The van der Waals surface area contributed by atoms with Crippen LogP contribution >= 0.6 is 0 Å². The molecule has 7 heteroatoms. The van der Waals surface area contributed by atoms with Gasteiger partial charge in [0.2, 0.25) is 5.91 Å². The van der Waals surface area contributed by atoms with Crippen molar-refractivity contribution >= 4 is 17.5 Å². The zero-order valence-corrected chi connectivity index (χ0v) is 12.3. The average Bonchev–Trinajstić information content (AvgIpc) is 2.44. The fourth-order valence-corrected chi connectivity index (χ4v) is 1.75. The molecule has 0 aromatic heterocycles. The molecule has 0 aliphatic heterocycles. The smallest absolute Gasteiger partial charge is 0.348 e. The molecule has 1 rings (SSSR count). The van der Waals surface area contributed by atoms with Crippen LogP contribution in [0.5, 0.6) is 0 Å². The van der Waals surface area contributed by atoms with E-state index < -0.39 is 12.1 Å². The number of anilines is 1. The van der Waals surface area contributed by atoms with Crippen LogP contribution in [0.1, 0.15) is 31.2 Å². The summed E-state index contributed by atoms with van der Waals surface area (Å²) in [6.07, 6.45) is -3.02. The van der Waals surface area contributed by atoms with Crippen LogP contribution in [0.3, 0.4) is 0 Å². The van der Waals surface area contributed by atoms with Crippen LogP contribution in [0.25, 0.3) is 0 Å². The molecular weight excluding hydrogens is 297 g/mol. The van der Waals surface area contributed by atoms with Gasteiger partial charge >= 0.3 is 12.1 Å². The first-order valence-corrected chi connectivity index (χ1v) is 7.00. The van der Waals surface area contributed by atoms with Crippen molar-refractivity contribution in [1.29, 1.82) is 0 Å². The van der Waals surface area contributed by atoms with Gasteiger partial charge in [-0.05, 0) is 31.9 Å². The zero-order valence-electron chi connectivity index (χ0n) is 12.3. The summed E-state index contributed by atoms with van der Waals surface area (Å²) in [5, 5.41) is 4.53. The highest BCUT2D eigenvalue weighted by Gasteiger charge is 2.38. The largest absolute Gasteiger partial charge is 0.471 e. The Balaban J connectivity index is 2.11. The number of alkyl halides is 3. The maximum atomic E-state index is 11.9. The van der Waals surface area contributed by atoms with Crippen molar-refractivity contribution in [3.63, 3.8) is 0 Å². The minimum absolute atomic E-state index is 0.0437. The second-order valence-corrected chi connectivity index (χ2v) is 4.98. The van der Waals surface area contributed by atoms with Gasteiger partial charge in [-0.3, -0.25) is 9.59 Å². The summed E-state index contributed by atoms with van der Waals surface area (Å²) < 4.78 is 35.7. The number of carbonyl (C=O) groups is 2. The van der Waals surface area contributed by atoms with E-state index in [2.05, 4.69) is 5.32 Å². The minimum atomic E-state index is -4.84. The van der Waals surface area contributed by atoms with E-state index in [0.29, 0.717) is 31.4 Å². The highest BCUT2D eigenvalue weighted by atomic mass is 19.4. The van der Waals surface area contributed by atoms with Crippen LogP contribution in [0.2, 0.25) is 0 Å². The van der Waals surface area contributed by atoms with Gasteiger partial charge in [-0.25, -0.2) is 0 Å². The van der Waals surface area contributed by atoms with E-state index in [1.165, 1.54) is 0 Å². The average molecular weight is 316 g/mol. The lowest BCUT2D eigenvalue weighted by Gasteiger charge is -2.08. The number of hydrogen-bond donors (Lipinski definition) is 2. The maximum Gasteiger partial charge on any atom is 0.471 e. The second kappa shape index (κ2) is 8.41. The fraction of sp³-hybridized carbons (Fsp3) is 0.467. The van der Waals surface area contributed by atoms with Crippen LogP contribution in [0.15, 0.2) is 24.3 Å². The van der Waals surface area contributed by atoms with Crippen molar-refractivity contribution in [1.82, 2.24) is 5.32 Å². The Bertz CT molecular complexity index is 499. The van der Waals surface area contributed by atoms with Crippen molar-refractivity contribution in [3.05, 3.63) is 29.8 Å². The Morgan fingerprint density at radius 2 is 1.68 bits per heavy atom. The molecule has 0 unspecified atom stereocenters. The Hall–Kier alpha value is -2.05. The van der Waals surface area contributed by atoms with E-state index in [1.807, 2.05) is 19.1 Å². The molecule has 0 heterocycles. The molecule has 0 atom stereocenters. The lowest BCUT2D eigenvalue weighted by atomic mass is 10.1. The predicted molar refractivity (Wildman–Crippen MR) is 77.3 cm³/mol. The zero-order chi connectivity index (χ0) is 16.6. The molecule has 0 aliphatic rings. The normalized spacial score (nSPS) is 11.1.